The van der Waals surface area contributed by atoms with Crippen LogP contribution in [0.5, 0.6) is 0 Å². The quantitative estimate of drug-likeness (QED) is 0.434. The van der Waals surface area contributed by atoms with Gasteiger partial charge in [-0.15, -0.1) is 11.6 Å². The summed E-state index contributed by atoms with van der Waals surface area (Å²) in [6.07, 6.45) is 0. The minimum atomic E-state index is -0.519. The third kappa shape index (κ3) is 1.77. The molecule has 0 bridgehead atoms. The van der Waals surface area contributed by atoms with Crippen molar-refractivity contribution in [2.45, 2.75) is 12.3 Å². The lowest BCUT2D eigenvalue weighted by Gasteiger charge is -2.04. The van der Waals surface area contributed by atoms with Crippen molar-refractivity contribution in [3.63, 3.8) is 0 Å². The SMILES string of the molecule is CC(Cl)C(=O)c1ccccc1N. The molecule has 64 valence electrons. The summed E-state index contributed by atoms with van der Waals surface area (Å²) in [4.78, 5) is 11.4. The number of hydrogen-bond acceptors (Lipinski definition) is 2. The molecule has 0 aliphatic carbocycles. The molecule has 0 spiro atoms. The highest BCUT2D eigenvalue weighted by Crippen LogP contribution is 2.14. The van der Waals surface area contributed by atoms with Gasteiger partial charge in [0.1, 0.15) is 0 Å². The number of rotatable bonds is 2. The van der Waals surface area contributed by atoms with Gasteiger partial charge in [0.15, 0.2) is 5.78 Å². The highest BCUT2D eigenvalue weighted by molar-refractivity contribution is 6.34. The van der Waals surface area contributed by atoms with Gasteiger partial charge in [-0.1, -0.05) is 12.1 Å². The standard InChI is InChI=1S/C9H10ClNO/c1-6(10)9(12)7-4-2-3-5-8(7)11/h2-6H,11H2,1H3. The lowest BCUT2D eigenvalue weighted by Crippen LogP contribution is -2.12. The van der Waals surface area contributed by atoms with Gasteiger partial charge in [-0.3, -0.25) is 4.79 Å². The van der Waals surface area contributed by atoms with Crippen LogP contribution in [0.1, 0.15) is 17.3 Å². The zero-order valence-corrected chi connectivity index (χ0v) is 7.51. The van der Waals surface area contributed by atoms with Crippen molar-refractivity contribution in [3.8, 4) is 0 Å². The Labute approximate surface area is 76.3 Å². The molecule has 0 heterocycles. The number of alkyl halides is 1. The molecule has 2 N–H and O–H groups in total. The van der Waals surface area contributed by atoms with Gasteiger partial charge in [-0.25, -0.2) is 0 Å². The first kappa shape index (κ1) is 9.07. The van der Waals surface area contributed by atoms with Gasteiger partial charge in [0, 0.05) is 11.3 Å². The summed E-state index contributed by atoms with van der Waals surface area (Å²) < 4.78 is 0. The topological polar surface area (TPSA) is 43.1 Å². The molecule has 1 atom stereocenters. The van der Waals surface area contributed by atoms with Crippen molar-refractivity contribution >= 4 is 23.1 Å². The Hall–Kier alpha value is -1.02. The number of carbonyl (C=O) groups excluding carboxylic acids is 1. The third-order valence-electron chi connectivity index (χ3n) is 1.59. The number of benzene rings is 1. The normalized spacial score (nSPS) is 12.5. The van der Waals surface area contributed by atoms with Crippen molar-refractivity contribution in [2.24, 2.45) is 0 Å². The molecular formula is C9H10ClNO. The number of nitrogens with two attached hydrogens (primary N) is 1. The number of Topliss-reactive ketones (excluding diaryl/α,β-unsaturated/α-hetero) is 1. The number of nitrogen functional groups attached to an aromatic ring is 1. The summed E-state index contributed by atoms with van der Waals surface area (Å²) in [6.45, 7) is 1.64. The van der Waals surface area contributed by atoms with Crippen molar-refractivity contribution < 1.29 is 4.79 Å². The number of ketones is 1. The molecule has 1 unspecified atom stereocenters. The fourth-order valence-corrected chi connectivity index (χ4v) is 1.05. The van der Waals surface area contributed by atoms with Crippen LogP contribution in [0.25, 0.3) is 0 Å². The maximum atomic E-state index is 11.4. The largest absolute Gasteiger partial charge is 0.398 e. The van der Waals surface area contributed by atoms with Gasteiger partial charge in [0.2, 0.25) is 0 Å². The minimum absolute atomic E-state index is 0.130. The predicted octanol–water partition coefficient (Wildman–Crippen LogP) is 2.08. The van der Waals surface area contributed by atoms with Gasteiger partial charge in [0.25, 0.3) is 0 Å². The van der Waals surface area contributed by atoms with Crippen molar-refractivity contribution in [2.75, 3.05) is 5.73 Å². The molecule has 0 aliphatic heterocycles. The molecule has 2 nitrogen and oxygen atoms in total. The van der Waals surface area contributed by atoms with Crippen LogP contribution < -0.4 is 5.73 Å². The average Bonchev–Trinajstić information content (AvgIpc) is 2.04. The second kappa shape index (κ2) is 3.59. The molecule has 1 aromatic carbocycles. The van der Waals surface area contributed by atoms with Gasteiger partial charge < -0.3 is 5.73 Å². The van der Waals surface area contributed by atoms with E-state index in [9.17, 15) is 4.79 Å². The molecule has 3 heteroatoms. The van der Waals surface area contributed by atoms with Gasteiger partial charge in [-0.05, 0) is 19.1 Å². The second-order valence-electron chi connectivity index (χ2n) is 2.57. The fraction of sp³-hybridized carbons (Fsp3) is 0.222. The third-order valence-corrected chi connectivity index (χ3v) is 1.79. The summed E-state index contributed by atoms with van der Waals surface area (Å²) in [5.41, 5.74) is 6.56. The number of carbonyl (C=O) groups is 1. The first-order valence-electron chi connectivity index (χ1n) is 3.65. The van der Waals surface area contributed by atoms with Crippen LogP contribution >= 0.6 is 11.6 Å². The van der Waals surface area contributed by atoms with E-state index in [-0.39, 0.29) is 5.78 Å². The highest BCUT2D eigenvalue weighted by atomic mass is 35.5. The van der Waals surface area contributed by atoms with E-state index in [0.29, 0.717) is 11.3 Å². The number of anilines is 1. The molecule has 0 saturated heterocycles. The van der Waals surface area contributed by atoms with Crippen molar-refractivity contribution in [3.05, 3.63) is 29.8 Å². The molecule has 0 aromatic heterocycles. The van der Waals surface area contributed by atoms with Gasteiger partial charge in [-0.2, -0.15) is 0 Å². The fourth-order valence-electron chi connectivity index (χ4n) is 0.936. The average molecular weight is 184 g/mol. The monoisotopic (exact) mass is 183 g/mol. The van der Waals surface area contributed by atoms with E-state index < -0.39 is 5.38 Å². The van der Waals surface area contributed by atoms with Crippen molar-refractivity contribution in [1.82, 2.24) is 0 Å². The summed E-state index contributed by atoms with van der Waals surface area (Å²) in [5, 5.41) is -0.519. The van der Waals surface area contributed by atoms with Crippen LogP contribution in [-0.4, -0.2) is 11.2 Å². The Kier molecular flexibility index (Phi) is 2.71. The molecular weight excluding hydrogens is 174 g/mol. The van der Waals surface area contributed by atoms with E-state index in [0.717, 1.165) is 0 Å². The molecule has 0 saturated carbocycles. The van der Waals surface area contributed by atoms with Crippen LogP contribution in [0.2, 0.25) is 0 Å². The smallest absolute Gasteiger partial charge is 0.182 e. The van der Waals surface area contributed by atoms with Crippen LogP contribution in [0.15, 0.2) is 24.3 Å². The van der Waals surface area contributed by atoms with E-state index >= 15 is 0 Å². The zero-order valence-electron chi connectivity index (χ0n) is 6.75. The number of hydrogen-bond donors (Lipinski definition) is 1. The lowest BCUT2D eigenvalue weighted by atomic mass is 10.1. The summed E-state index contributed by atoms with van der Waals surface area (Å²) in [5.74, 6) is -0.130. The predicted molar refractivity (Wildman–Crippen MR) is 50.5 cm³/mol. The summed E-state index contributed by atoms with van der Waals surface area (Å²) >= 11 is 5.63. The Morgan fingerprint density at radius 3 is 2.58 bits per heavy atom. The van der Waals surface area contributed by atoms with E-state index in [2.05, 4.69) is 0 Å². The molecule has 0 amide bonds. The first-order valence-corrected chi connectivity index (χ1v) is 4.09. The van der Waals surface area contributed by atoms with Crippen molar-refractivity contribution in [1.29, 1.82) is 0 Å². The molecule has 0 aliphatic rings. The Balaban J connectivity index is 3.03. The Morgan fingerprint density at radius 2 is 2.08 bits per heavy atom. The highest BCUT2D eigenvalue weighted by Gasteiger charge is 2.13. The summed E-state index contributed by atoms with van der Waals surface area (Å²) in [6, 6.07) is 6.91. The van der Waals surface area contributed by atoms with E-state index in [1.807, 2.05) is 0 Å². The van der Waals surface area contributed by atoms with E-state index in [1.165, 1.54) is 0 Å². The first-order chi connectivity index (χ1) is 5.63. The maximum Gasteiger partial charge on any atom is 0.182 e. The number of halogens is 1. The molecule has 12 heavy (non-hydrogen) atoms. The van der Waals surface area contributed by atoms with Crippen LogP contribution in [-0.2, 0) is 0 Å². The number of para-hydroxylation sites is 1. The van der Waals surface area contributed by atoms with E-state index in [4.69, 9.17) is 17.3 Å². The van der Waals surface area contributed by atoms with Crippen LogP contribution in [0, 0.1) is 0 Å². The molecule has 1 aromatic rings. The maximum absolute atomic E-state index is 11.4. The second-order valence-corrected chi connectivity index (χ2v) is 3.22. The lowest BCUT2D eigenvalue weighted by molar-refractivity contribution is 0.0992. The Morgan fingerprint density at radius 1 is 1.50 bits per heavy atom. The summed E-state index contributed by atoms with van der Waals surface area (Å²) in [7, 11) is 0. The van der Waals surface area contributed by atoms with Gasteiger partial charge >= 0.3 is 0 Å². The van der Waals surface area contributed by atoms with Gasteiger partial charge in [0.05, 0.1) is 5.38 Å². The minimum Gasteiger partial charge on any atom is -0.398 e. The Bertz CT molecular complexity index is 296. The molecule has 1 rings (SSSR count). The molecule has 0 radical (unpaired) electrons. The van der Waals surface area contributed by atoms with Crippen LogP contribution in [0.3, 0.4) is 0 Å². The zero-order chi connectivity index (χ0) is 9.14. The molecule has 0 fully saturated rings. The van der Waals surface area contributed by atoms with E-state index in [1.54, 1.807) is 31.2 Å². The van der Waals surface area contributed by atoms with Crippen LogP contribution in [0.4, 0.5) is 5.69 Å².